The van der Waals surface area contributed by atoms with Crippen molar-refractivity contribution >= 4 is 60.5 Å². The van der Waals surface area contributed by atoms with E-state index >= 15 is 0 Å². The van der Waals surface area contributed by atoms with Crippen molar-refractivity contribution in [2.75, 3.05) is 47.7 Å². The van der Waals surface area contributed by atoms with Gasteiger partial charge in [-0.1, -0.05) is 0 Å². The lowest BCUT2D eigenvalue weighted by Gasteiger charge is -2.15. The first kappa shape index (κ1) is 18.7. The van der Waals surface area contributed by atoms with Crippen LogP contribution in [0, 0.1) is 0 Å². The van der Waals surface area contributed by atoms with E-state index in [9.17, 15) is 0 Å². The Balaban J connectivity index is 3.45. The maximum Gasteiger partial charge on any atom is 0.0521 e. The molecular formula is C10H22O2S5. The van der Waals surface area contributed by atoms with Gasteiger partial charge in [0, 0.05) is 45.0 Å². The third-order valence-electron chi connectivity index (χ3n) is 1.81. The summed E-state index contributed by atoms with van der Waals surface area (Å²) in [4.78, 5) is 0. The quantitative estimate of drug-likeness (QED) is 0.323. The summed E-state index contributed by atoms with van der Waals surface area (Å²) in [5.41, 5.74) is 0. The molecule has 7 heteroatoms. The van der Waals surface area contributed by atoms with Crippen LogP contribution in [0.4, 0.5) is 0 Å². The molecule has 0 aliphatic carbocycles. The second-order valence-corrected chi connectivity index (χ2v) is 8.12. The summed E-state index contributed by atoms with van der Waals surface area (Å²) in [7, 11) is 0. The van der Waals surface area contributed by atoms with Gasteiger partial charge in [0.05, 0.1) is 13.2 Å². The van der Waals surface area contributed by atoms with Gasteiger partial charge in [0.15, 0.2) is 0 Å². The Morgan fingerprint density at radius 2 is 1.59 bits per heavy atom. The zero-order chi connectivity index (χ0) is 12.9. The van der Waals surface area contributed by atoms with E-state index in [2.05, 4.69) is 25.3 Å². The van der Waals surface area contributed by atoms with Gasteiger partial charge in [0.25, 0.3) is 0 Å². The smallest absolute Gasteiger partial charge is 0.0521 e. The monoisotopic (exact) mass is 334 g/mol. The summed E-state index contributed by atoms with van der Waals surface area (Å²) in [6.07, 6.45) is 0. The standard InChI is InChI=1S/C10H22O2S5/c11-1-3-15-6-9(14)7-16-8-10(5-13)17-4-2-12/h9-14H,1-8H2. The largest absolute Gasteiger partial charge is 0.396 e. The molecule has 2 atom stereocenters. The van der Waals surface area contributed by atoms with Gasteiger partial charge in [-0.25, -0.2) is 0 Å². The van der Waals surface area contributed by atoms with Gasteiger partial charge in [-0.3, -0.25) is 0 Å². The Labute approximate surface area is 128 Å². The molecule has 0 rings (SSSR count). The van der Waals surface area contributed by atoms with Crippen molar-refractivity contribution in [1.82, 2.24) is 0 Å². The molecule has 0 aliphatic rings. The summed E-state index contributed by atoms with van der Waals surface area (Å²) >= 11 is 14.3. The van der Waals surface area contributed by atoms with Crippen LogP contribution in [-0.2, 0) is 0 Å². The van der Waals surface area contributed by atoms with Crippen LogP contribution in [0.2, 0.25) is 0 Å². The van der Waals surface area contributed by atoms with Gasteiger partial charge in [-0.05, 0) is 0 Å². The number of hydrogen-bond acceptors (Lipinski definition) is 7. The first-order valence-electron chi connectivity index (χ1n) is 5.52. The fraction of sp³-hybridized carbons (Fsp3) is 1.00. The molecule has 104 valence electrons. The Morgan fingerprint density at radius 3 is 2.18 bits per heavy atom. The molecule has 0 amide bonds. The highest BCUT2D eigenvalue weighted by atomic mass is 32.2. The zero-order valence-corrected chi connectivity index (χ0v) is 14.1. The highest BCUT2D eigenvalue weighted by Crippen LogP contribution is 2.20. The van der Waals surface area contributed by atoms with Crippen molar-refractivity contribution < 1.29 is 10.2 Å². The van der Waals surface area contributed by atoms with Crippen molar-refractivity contribution in [3.8, 4) is 0 Å². The van der Waals surface area contributed by atoms with Crippen LogP contribution < -0.4 is 0 Å². The fourth-order valence-electron chi connectivity index (χ4n) is 1.04. The minimum atomic E-state index is 0.243. The maximum atomic E-state index is 8.76. The Kier molecular flexibility index (Phi) is 15.5. The normalized spacial score (nSPS) is 14.8. The van der Waals surface area contributed by atoms with Crippen LogP contribution in [0.3, 0.4) is 0 Å². The van der Waals surface area contributed by atoms with E-state index in [0.29, 0.717) is 10.5 Å². The van der Waals surface area contributed by atoms with Crippen LogP contribution in [0.25, 0.3) is 0 Å². The molecule has 2 nitrogen and oxygen atoms in total. The van der Waals surface area contributed by atoms with Crippen LogP contribution in [0.15, 0.2) is 0 Å². The summed E-state index contributed by atoms with van der Waals surface area (Å²) in [5.74, 6) is 5.54. The van der Waals surface area contributed by atoms with E-state index in [0.717, 1.165) is 34.5 Å². The summed E-state index contributed by atoms with van der Waals surface area (Å²) in [6.45, 7) is 0.491. The minimum Gasteiger partial charge on any atom is -0.396 e. The van der Waals surface area contributed by atoms with Gasteiger partial charge in [0.1, 0.15) is 0 Å². The molecule has 0 bridgehead atoms. The SMILES string of the molecule is OCCSCC(S)CSCC(CS)SCCO. The van der Waals surface area contributed by atoms with Gasteiger partial charge >= 0.3 is 0 Å². The van der Waals surface area contributed by atoms with Crippen LogP contribution >= 0.6 is 60.5 Å². The molecule has 0 fully saturated rings. The topological polar surface area (TPSA) is 40.5 Å². The van der Waals surface area contributed by atoms with Gasteiger partial charge < -0.3 is 10.2 Å². The lowest BCUT2D eigenvalue weighted by Crippen LogP contribution is -2.14. The molecule has 0 saturated heterocycles. The first-order chi connectivity index (χ1) is 8.24. The number of thioether (sulfide) groups is 3. The van der Waals surface area contributed by atoms with E-state index in [4.69, 9.17) is 10.2 Å². The van der Waals surface area contributed by atoms with Crippen LogP contribution in [-0.4, -0.2) is 68.4 Å². The van der Waals surface area contributed by atoms with E-state index in [1.807, 2.05) is 11.8 Å². The molecule has 0 heterocycles. The van der Waals surface area contributed by atoms with Crippen molar-refractivity contribution in [3.63, 3.8) is 0 Å². The second-order valence-electron chi connectivity index (χ2n) is 3.39. The van der Waals surface area contributed by atoms with Crippen molar-refractivity contribution in [2.24, 2.45) is 0 Å². The molecule has 0 aromatic rings. The highest BCUT2D eigenvalue weighted by molar-refractivity contribution is 8.04. The molecule has 0 spiro atoms. The molecule has 0 aliphatic heterocycles. The number of rotatable bonds is 12. The molecule has 2 N–H and O–H groups in total. The van der Waals surface area contributed by atoms with Crippen molar-refractivity contribution in [3.05, 3.63) is 0 Å². The van der Waals surface area contributed by atoms with Crippen molar-refractivity contribution in [1.29, 1.82) is 0 Å². The Bertz CT molecular complexity index is 162. The lowest BCUT2D eigenvalue weighted by atomic mass is 10.5. The van der Waals surface area contributed by atoms with Crippen molar-refractivity contribution in [2.45, 2.75) is 10.5 Å². The summed E-state index contributed by atoms with van der Waals surface area (Å²) in [6, 6.07) is 0. The maximum absolute atomic E-state index is 8.76. The fourth-order valence-corrected chi connectivity index (χ4v) is 5.25. The predicted octanol–water partition coefficient (Wildman–Crippen LogP) is 1.77. The second kappa shape index (κ2) is 14.1. The van der Waals surface area contributed by atoms with E-state index in [1.165, 1.54) is 0 Å². The molecule has 0 radical (unpaired) electrons. The lowest BCUT2D eigenvalue weighted by molar-refractivity contribution is 0.322. The molecule has 2 unspecified atom stereocenters. The van der Waals surface area contributed by atoms with E-state index in [-0.39, 0.29) is 13.2 Å². The average Bonchev–Trinajstić information content (AvgIpc) is 2.34. The zero-order valence-electron chi connectivity index (χ0n) is 9.83. The van der Waals surface area contributed by atoms with Crippen LogP contribution in [0.5, 0.6) is 0 Å². The Morgan fingerprint density at radius 1 is 0.941 bits per heavy atom. The molecular weight excluding hydrogens is 312 g/mol. The summed E-state index contributed by atoms with van der Waals surface area (Å²) < 4.78 is 0. The predicted molar refractivity (Wildman–Crippen MR) is 91.7 cm³/mol. The van der Waals surface area contributed by atoms with Gasteiger partial charge in [-0.15, -0.1) is 0 Å². The minimum absolute atomic E-state index is 0.243. The molecule has 0 aromatic heterocycles. The average molecular weight is 335 g/mol. The molecule has 0 saturated carbocycles. The number of thiol groups is 2. The Hall–Kier alpha value is 1.67. The summed E-state index contributed by atoms with van der Waals surface area (Å²) in [5, 5.41) is 18.3. The van der Waals surface area contributed by atoms with Gasteiger partial charge in [0.2, 0.25) is 0 Å². The number of aliphatic hydroxyl groups is 2. The van der Waals surface area contributed by atoms with Gasteiger partial charge in [-0.2, -0.15) is 60.5 Å². The molecule has 17 heavy (non-hydrogen) atoms. The highest BCUT2D eigenvalue weighted by Gasteiger charge is 2.09. The third-order valence-corrected chi connectivity index (χ3v) is 7.17. The molecule has 0 aromatic carbocycles. The van der Waals surface area contributed by atoms with Crippen LogP contribution in [0.1, 0.15) is 0 Å². The number of aliphatic hydroxyl groups excluding tert-OH is 2. The van der Waals surface area contributed by atoms with E-state index in [1.54, 1.807) is 23.5 Å². The third kappa shape index (κ3) is 12.4. The number of hydrogen-bond donors (Lipinski definition) is 4. The first-order valence-corrected chi connectivity index (χ1v) is 10.0. The van der Waals surface area contributed by atoms with E-state index < -0.39 is 0 Å².